The van der Waals surface area contributed by atoms with Gasteiger partial charge in [0.25, 0.3) is 0 Å². The minimum absolute atomic E-state index is 0.207. The lowest BCUT2D eigenvalue weighted by molar-refractivity contribution is -0.121. The molecule has 1 rings (SSSR count). The summed E-state index contributed by atoms with van der Waals surface area (Å²) in [6.45, 7) is 8.27. The lowest BCUT2D eigenvalue weighted by Gasteiger charge is -2.30. The van der Waals surface area contributed by atoms with Crippen molar-refractivity contribution in [2.24, 2.45) is 17.1 Å². The van der Waals surface area contributed by atoms with Crippen LogP contribution < -0.4 is 11.1 Å². The first-order valence-corrected chi connectivity index (χ1v) is 8.56. The highest BCUT2D eigenvalue weighted by Crippen LogP contribution is 2.32. The molecule has 0 aromatic rings. The summed E-state index contributed by atoms with van der Waals surface area (Å²) in [6.07, 6.45) is 5.15. The van der Waals surface area contributed by atoms with Gasteiger partial charge < -0.3 is 11.1 Å². The molecule has 112 valence electrons. The van der Waals surface area contributed by atoms with Gasteiger partial charge in [0.05, 0.1) is 0 Å². The van der Waals surface area contributed by atoms with Crippen LogP contribution in [0.4, 0.5) is 0 Å². The fourth-order valence-corrected chi connectivity index (χ4v) is 3.84. The van der Waals surface area contributed by atoms with E-state index in [4.69, 9.17) is 5.73 Å². The van der Waals surface area contributed by atoms with E-state index in [2.05, 4.69) is 26.1 Å². The molecule has 0 bridgehead atoms. The highest BCUT2D eigenvalue weighted by molar-refractivity contribution is 8.00. The Labute approximate surface area is 122 Å². The van der Waals surface area contributed by atoms with E-state index in [0.717, 1.165) is 19.4 Å². The molecule has 3 N–H and O–H groups in total. The number of rotatable bonds is 7. The van der Waals surface area contributed by atoms with Crippen molar-refractivity contribution >= 4 is 17.7 Å². The number of carbonyl (C=O) groups is 1. The van der Waals surface area contributed by atoms with E-state index in [0.29, 0.717) is 24.1 Å². The van der Waals surface area contributed by atoms with E-state index in [-0.39, 0.29) is 11.3 Å². The van der Waals surface area contributed by atoms with Crippen LogP contribution in [0.2, 0.25) is 0 Å². The lowest BCUT2D eigenvalue weighted by atomic mass is 9.76. The van der Waals surface area contributed by atoms with Crippen molar-refractivity contribution in [2.45, 2.75) is 58.1 Å². The molecule has 3 nitrogen and oxygen atoms in total. The van der Waals surface area contributed by atoms with Crippen LogP contribution in [0.15, 0.2) is 0 Å². The maximum absolute atomic E-state index is 11.9. The van der Waals surface area contributed by atoms with Crippen LogP contribution >= 0.6 is 11.8 Å². The van der Waals surface area contributed by atoms with Crippen molar-refractivity contribution in [1.29, 1.82) is 0 Å². The molecule has 0 aromatic heterocycles. The summed E-state index contributed by atoms with van der Waals surface area (Å²) >= 11 is 1.99. The molecule has 1 fully saturated rings. The normalized spacial score (nSPS) is 21.4. The zero-order valence-corrected chi connectivity index (χ0v) is 13.5. The van der Waals surface area contributed by atoms with Gasteiger partial charge in [-0.1, -0.05) is 20.8 Å². The molecule has 19 heavy (non-hydrogen) atoms. The van der Waals surface area contributed by atoms with Crippen molar-refractivity contribution in [1.82, 2.24) is 5.32 Å². The number of amides is 1. The number of nitrogens with two attached hydrogens (primary N) is 1. The van der Waals surface area contributed by atoms with Crippen LogP contribution in [0.5, 0.6) is 0 Å². The lowest BCUT2D eigenvalue weighted by Crippen LogP contribution is -2.31. The first kappa shape index (κ1) is 16.8. The van der Waals surface area contributed by atoms with E-state index in [9.17, 15) is 4.79 Å². The molecule has 1 heterocycles. The number of carbonyl (C=O) groups excluding carboxylic acids is 1. The fraction of sp³-hybridized carbons (Fsp3) is 0.933. The molecule has 0 aromatic carbocycles. The Morgan fingerprint density at radius 2 is 2.16 bits per heavy atom. The summed E-state index contributed by atoms with van der Waals surface area (Å²) in [5.74, 6) is 1.99. The average Bonchev–Trinajstić information content (AvgIpc) is 2.83. The number of thioether (sulfide) groups is 1. The van der Waals surface area contributed by atoms with E-state index in [1.165, 1.54) is 18.6 Å². The largest absolute Gasteiger partial charge is 0.355 e. The SMILES string of the molecule is CC(C)(C)C(CCN)CCC(=O)NCC1CCCS1. The standard InChI is InChI=1S/C15H30N2OS/c1-15(2,3)12(8-9-16)6-7-14(18)17-11-13-5-4-10-19-13/h12-13H,4-11,16H2,1-3H3,(H,17,18). The number of nitrogens with one attached hydrogen (secondary N) is 1. The van der Waals surface area contributed by atoms with Gasteiger partial charge in [-0.25, -0.2) is 0 Å². The molecule has 0 radical (unpaired) electrons. The fourth-order valence-electron chi connectivity index (χ4n) is 2.64. The molecular formula is C15H30N2OS. The van der Waals surface area contributed by atoms with Crippen LogP contribution in [0.1, 0.15) is 52.9 Å². The van der Waals surface area contributed by atoms with Crippen LogP contribution in [0.3, 0.4) is 0 Å². The molecule has 2 unspecified atom stereocenters. The third-order valence-corrected chi connectivity index (χ3v) is 5.41. The average molecular weight is 286 g/mol. The maximum Gasteiger partial charge on any atom is 0.220 e. The van der Waals surface area contributed by atoms with Gasteiger partial charge in [0.1, 0.15) is 0 Å². The molecule has 0 spiro atoms. The summed E-state index contributed by atoms with van der Waals surface area (Å²) in [4.78, 5) is 11.9. The zero-order valence-electron chi connectivity index (χ0n) is 12.7. The Morgan fingerprint density at radius 3 is 2.68 bits per heavy atom. The van der Waals surface area contributed by atoms with Gasteiger partial charge in [-0.2, -0.15) is 11.8 Å². The summed E-state index contributed by atoms with van der Waals surface area (Å²) in [5, 5.41) is 3.73. The topological polar surface area (TPSA) is 55.1 Å². The second-order valence-electron chi connectivity index (χ2n) is 6.62. The summed E-state index contributed by atoms with van der Waals surface area (Å²) in [6, 6.07) is 0. The van der Waals surface area contributed by atoms with Gasteiger partial charge in [-0.15, -0.1) is 0 Å². The first-order chi connectivity index (χ1) is 8.93. The molecule has 1 amide bonds. The van der Waals surface area contributed by atoms with Gasteiger partial charge in [0.2, 0.25) is 5.91 Å². The number of hydrogen-bond donors (Lipinski definition) is 2. The highest BCUT2D eigenvalue weighted by Gasteiger charge is 2.24. The van der Waals surface area contributed by atoms with Crippen molar-refractivity contribution in [2.75, 3.05) is 18.8 Å². The van der Waals surface area contributed by atoms with E-state index >= 15 is 0 Å². The molecule has 1 aliphatic rings. The zero-order chi connectivity index (χ0) is 14.3. The molecule has 1 saturated heterocycles. The highest BCUT2D eigenvalue weighted by atomic mass is 32.2. The Hall–Kier alpha value is -0.220. The predicted molar refractivity (Wildman–Crippen MR) is 84.3 cm³/mol. The van der Waals surface area contributed by atoms with Crippen molar-refractivity contribution in [3.63, 3.8) is 0 Å². The molecule has 0 saturated carbocycles. The summed E-state index contributed by atoms with van der Waals surface area (Å²) < 4.78 is 0. The van der Waals surface area contributed by atoms with E-state index in [1.54, 1.807) is 0 Å². The minimum Gasteiger partial charge on any atom is -0.355 e. The van der Waals surface area contributed by atoms with Crippen LogP contribution in [-0.4, -0.2) is 30.0 Å². The third kappa shape index (κ3) is 6.66. The minimum atomic E-state index is 0.207. The maximum atomic E-state index is 11.9. The monoisotopic (exact) mass is 286 g/mol. The Morgan fingerprint density at radius 1 is 1.42 bits per heavy atom. The Balaban J connectivity index is 2.23. The summed E-state index contributed by atoms with van der Waals surface area (Å²) in [5.41, 5.74) is 5.91. The molecule has 4 heteroatoms. The van der Waals surface area contributed by atoms with Crippen LogP contribution in [-0.2, 0) is 4.79 Å². The van der Waals surface area contributed by atoms with Crippen LogP contribution in [0.25, 0.3) is 0 Å². The van der Waals surface area contributed by atoms with Gasteiger partial charge in [-0.3, -0.25) is 4.79 Å². The van der Waals surface area contributed by atoms with Crippen molar-refractivity contribution < 1.29 is 4.79 Å². The van der Waals surface area contributed by atoms with E-state index in [1.807, 2.05) is 11.8 Å². The molecule has 2 atom stereocenters. The van der Waals surface area contributed by atoms with Gasteiger partial charge in [-0.05, 0) is 49.3 Å². The second kappa shape index (κ2) is 8.15. The second-order valence-corrected chi connectivity index (χ2v) is 8.03. The quantitative estimate of drug-likeness (QED) is 0.756. The first-order valence-electron chi connectivity index (χ1n) is 7.52. The van der Waals surface area contributed by atoms with Crippen molar-refractivity contribution in [3.8, 4) is 0 Å². The molecule has 0 aliphatic carbocycles. The van der Waals surface area contributed by atoms with Gasteiger partial charge in [0.15, 0.2) is 0 Å². The summed E-state index contributed by atoms with van der Waals surface area (Å²) in [7, 11) is 0. The third-order valence-electron chi connectivity index (χ3n) is 4.01. The molecular weight excluding hydrogens is 256 g/mol. The Kier molecular flexibility index (Phi) is 7.22. The van der Waals surface area contributed by atoms with Crippen LogP contribution in [0, 0.1) is 11.3 Å². The van der Waals surface area contributed by atoms with Crippen molar-refractivity contribution in [3.05, 3.63) is 0 Å². The predicted octanol–water partition coefficient (Wildman–Crippen LogP) is 2.79. The Bertz CT molecular complexity index is 270. The van der Waals surface area contributed by atoms with Gasteiger partial charge in [0, 0.05) is 18.2 Å². The molecule has 1 aliphatic heterocycles. The van der Waals surface area contributed by atoms with Gasteiger partial charge >= 0.3 is 0 Å². The smallest absolute Gasteiger partial charge is 0.220 e. The van der Waals surface area contributed by atoms with E-state index < -0.39 is 0 Å². The number of hydrogen-bond acceptors (Lipinski definition) is 3.